The fraction of sp³-hybridized carbons (Fsp3) is 0.500. The van der Waals surface area contributed by atoms with Gasteiger partial charge in [0.1, 0.15) is 0 Å². The summed E-state index contributed by atoms with van der Waals surface area (Å²) in [7, 11) is 0. The third-order valence-corrected chi connectivity index (χ3v) is 4.79. The molecule has 1 fully saturated rings. The molecule has 4 rings (SSSR count). The van der Waals surface area contributed by atoms with Crippen LogP contribution < -0.4 is 10.2 Å². The second-order valence-electron chi connectivity index (χ2n) is 6.13. The summed E-state index contributed by atoms with van der Waals surface area (Å²) in [5.41, 5.74) is 2.60. The lowest BCUT2D eigenvalue weighted by Crippen LogP contribution is -2.44. The molecule has 2 aliphatic rings. The molecule has 1 N–H and O–H groups in total. The molecule has 1 aromatic heterocycles. The van der Waals surface area contributed by atoms with Crippen LogP contribution in [0.5, 0.6) is 0 Å². The molecule has 0 bridgehead atoms. The molecule has 5 heteroatoms. The molecule has 2 aromatic rings. The highest BCUT2D eigenvalue weighted by molar-refractivity contribution is 5.44. The molecule has 0 spiro atoms. The zero-order valence-electron chi connectivity index (χ0n) is 12.3. The van der Waals surface area contributed by atoms with Crippen LogP contribution in [-0.2, 0) is 11.8 Å². The van der Waals surface area contributed by atoms with Crippen molar-refractivity contribution in [1.29, 1.82) is 0 Å². The minimum Gasteiger partial charge on any atom is -0.336 e. The van der Waals surface area contributed by atoms with Gasteiger partial charge in [0.25, 0.3) is 5.95 Å². The van der Waals surface area contributed by atoms with E-state index in [1.807, 2.05) is 0 Å². The number of piperazine rings is 1. The standard InChI is InChI=1S/C16H20N4O/c1-16(7-6-12-4-2-3-5-13(12)16)14-18-15(19-21-14)20-10-8-17-9-11-20/h2-5,17H,6-11H2,1H3. The lowest BCUT2D eigenvalue weighted by Gasteiger charge is -2.25. The van der Waals surface area contributed by atoms with Crippen LogP contribution >= 0.6 is 0 Å². The lowest BCUT2D eigenvalue weighted by atomic mass is 9.84. The molecule has 21 heavy (non-hydrogen) atoms. The molecule has 5 nitrogen and oxygen atoms in total. The van der Waals surface area contributed by atoms with Gasteiger partial charge in [-0.05, 0) is 36.0 Å². The first-order chi connectivity index (χ1) is 10.3. The predicted octanol–water partition coefficient (Wildman–Crippen LogP) is 1.73. The highest BCUT2D eigenvalue weighted by Gasteiger charge is 2.40. The molecule has 1 unspecified atom stereocenters. The van der Waals surface area contributed by atoms with Crippen LogP contribution in [0, 0.1) is 0 Å². The fourth-order valence-corrected chi connectivity index (χ4v) is 3.45. The number of fused-ring (bicyclic) bond motifs is 1. The van der Waals surface area contributed by atoms with Crippen molar-refractivity contribution in [3.05, 3.63) is 41.3 Å². The van der Waals surface area contributed by atoms with E-state index < -0.39 is 0 Å². The van der Waals surface area contributed by atoms with Crippen LogP contribution in [0.15, 0.2) is 28.8 Å². The van der Waals surface area contributed by atoms with E-state index in [1.165, 1.54) is 11.1 Å². The van der Waals surface area contributed by atoms with Crippen LogP contribution in [0.1, 0.15) is 30.4 Å². The van der Waals surface area contributed by atoms with E-state index >= 15 is 0 Å². The Morgan fingerprint density at radius 2 is 2.05 bits per heavy atom. The maximum Gasteiger partial charge on any atom is 0.266 e. The van der Waals surface area contributed by atoms with Crippen LogP contribution in [0.2, 0.25) is 0 Å². The molecule has 0 radical (unpaired) electrons. The van der Waals surface area contributed by atoms with Crippen molar-refractivity contribution in [2.24, 2.45) is 0 Å². The Morgan fingerprint density at radius 3 is 2.90 bits per heavy atom. The molecular formula is C16H20N4O. The Balaban J connectivity index is 1.66. The molecule has 2 heterocycles. The largest absolute Gasteiger partial charge is 0.336 e. The minimum atomic E-state index is -0.143. The summed E-state index contributed by atoms with van der Waals surface area (Å²) in [5, 5.41) is 7.55. The van der Waals surface area contributed by atoms with Gasteiger partial charge in [0.05, 0.1) is 5.41 Å². The maximum atomic E-state index is 5.64. The van der Waals surface area contributed by atoms with Crippen molar-refractivity contribution in [1.82, 2.24) is 15.5 Å². The maximum absolute atomic E-state index is 5.64. The number of rotatable bonds is 2. The zero-order valence-corrected chi connectivity index (χ0v) is 12.3. The van der Waals surface area contributed by atoms with E-state index in [4.69, 9.17) is 9.51 Å². The van der Waals surface area contributed by atoms with Crippen molar-refractivity contribution in [2.75, 3.05) is 31.1 Å². The molecule has 1 saturated heterocycles. The first kappa shape index (κ1) is 12.8. The van der Waals surface area contributed by atoms with E-state index in [-0.39, 0.29) is 5.41 Å². The van der Waals surface area contributed by atoms with Crippen molar-refractivity contribution in [2.45, 2.75) is 25.2 Å². The Bertz CT molecular complexity index is 647. The van der Waals surface area contributed by atoms with Gasteiger partial charge in [-0.1, -0.05) is 24.3 Å². The summed E-state index contributed by atoms with van der Waals surface area (Å²) < 4.78 is 5.64. The number of hydrogen-bond donors (Lipinski definition) is 1. The van der Waals surface area contributed by atoms with Gasteiger partial charge in [-0.3, -0.25) is 0 Å². The van der Waals surface area contributed by atoms with Gasteiger partial charge in [-0.25, -0.2) is 0 Å². The highest BCUT2D eigenvalue weighted by Crippen LogP contribution is 2.43. The molecule has 0 saturated carbocycles. The summed E-state index contributed by atoms with van der Waals surface area (Å²) in [4.78, 5) is 6.90. The van der Waals surface area contributed by atoms with Crippen LogP contribution in [0.25, 0.3) is 0 Å². The van der Waals surface area contributed by atoms with Crippen molar-refractivity contribution in [3.63, 3.8) is 0 Å². The molecule has 1 atom stereocenters. The number of anilines is 1. The van der Waals surface area contributed by atoms with Gasteiger partial charge in [0, 0.05) is 26.2 Å². The minimum absolute atomic E-state index is 0.143. The quantitative estimate of drug-likeness (QED) is 0.910. The first-order valence-corrected chi connectivity index (χ1v) is 7.66. The first-order valence-electron chi connectivity index (χ1n) is 7.66. The SMILES string of the molecule is CC1(c2nc(N3CCNCC3)no2)CCc2ccccc21. The fourth-order valence-electron chi connectivity index (χ4n) is 3.45. The normalized spacial score (nSPS) is 25.1. The topological polar surface area (TPSA) is 54.2 Å². The van der Waals surface area contributed by atoms with Crippen molar-refractivity contribution >= 4 is 5.95 Å². The van der Waals surface area contributed by atoms with Gasteiger partial charge in [-0.2, -0.15) is 4.98 Å². The molecule has 1 aliphatic carbocycles. The number of aromatic nitrogens is 2. The summed E-state index contributed by atoms with van der Waals surface area (Å²) >= 11 is 0. The third kappa shape index (κ3) is 2.03. The van der Waals surface area contributed by atoms with Gasteiger partial charge in [0.15, 0.2) is 0 Å². The molecule has 1 aliphatic heterocycles. The second kappa shape index (κ2) is 4.84. The summed E-state index contributed by atoms with van der Waals surface area (Å²) in [5.74, 6) is 1.48. The number of nitrogens with zero attached hydrogens (tertiary/aromatic N) is 3. The average molecular weight is 284 g/mol. The van der Waals surface area contributed by atoms with Gasteiger partial charge in [0.2, 0.25) is 5.89 Å². The smallest absolute Gasteiger partial charge is 0.266 e. The van der Waals surface area contributed by atoms with Crippen LogP contribution in [-0.4, -0.2) is 36.3 Å². The van der Waals surface area contributed by atoms with E-state index in [0.29, 0.717) is 0 Å². The number of nitrogens with one attached hydrogen (secondary N) is 1. The summed E-state index contributed by atoms with van der Waals surface area (Å²) in [6.07, 6.45) is 2.12. The number of aryl methyl sites for hydroxylation is 1. The van der Waals surface area contributed by atoms with E-state index in [2.05, 4.69) is 46.6 Å². The summed E-state index contributed by atoms with van der Waals surface area (Å²) in [6, 6.07) is 8.59. The van der Waals surface area contributed by atoms with Gasteiger partial charge >= 0.3 is 0 Å². The molecule has 1 aromatic carbocycles. The second-order valence-corrected chi connectivity index (χ2v) is 6.13. The van der Waals surface area contributed by atoms with Crippen molar-refractivity contribution in [3.8, 4) is 0 Å². The van der Waals surface area contributed by atoms with E-state index in [0.717, 1.165) is 50.9 Å². The van der Waals surface area contributed by atoms with Gasteiger partial charge < -0.3 is 14.7 Å². The summed E-state index contributed by atoms with van der Waals surface area (Å²) in [6.45, 7) is 6.04. The monoisotopic (exact) mass is 284 g/mol. The Kier molecular flexibility index (Phi) is 2.96. The third-order valence-electron chi connectivity index (χ3n) is 4.79. The average Bonchev–Trinajstić information content (AvgIpc) is 3.15. The van der Waals surface area contributed by atoms with E-state index in [9.17, 15) is 0 Å². The molecule has 110 valence electrons. The van der Waals surface area contributed by atoms with Crippen LogP contribution in [0.4, 0.5) is 5.95 Å². The Hall–Kier alpha value is -1.88. The number of hydrogen-bond acceptors (Lipinski definition) is 5. The van der Waals surface area contributed by atoms with Crippen molar-refractivity contribution < 1.29 is 4.52 Å². The van der Waals surface area contributed by atoms with Crippen LogP contribution in [0.3, 0.4) is 0 Å². The predicted molar refractivity (Wildman–Crippen MR) is 80.6 cm³/mol. The zero-order chi connectivity index (χ0) is 14.3. The molecule has 0 amide bonds. The number of benzene rings is 1. The molecular weight excluding hydrogens is 264 g/mol. The van der Waals surface area contributed by atoms with Gasteiger partial charge in [-0.15, -0.1) is 0 Å². The lowest BCUT2D eigenvalue weighted by molar-refractivity contribution is 0.319. The highest BCUT2D eigenvalue weighted by atomic mass is 16.5. The Labute approximate surface area is 124 Å². The Morgan fingerprint density at radius 1 is 1.24 bits per heavy atom. The van der Waals surface area contributed by atoms with E-state index in [1.54, 1.807) is 0 Å².